The summed E-state index contributed by atoms with van der Waals surface area (Å²) in [7, 11) is 0. The number of aromatic nitrogens is 1. The number of nitrogens with zero attached hydrogens (tertiary/aromatic N) is 1. The van der Waals surface area contributed by atoms with E-state index in [1.165, 1.54) is 6.08 Å². The zero-order valence-corrected chi connectivity index (χ0v) is 12.2. The molecule has 0 unspecified atom stereocenters. The number of carbonyl (C=O) groups is 2. The van der Waals surface area contributed by atoms with Crippen molar-refractivity contribution < 1.29 is 14.3 Å². The van der Waals surface area contributed by atoms with Gasteiger partial charge in [-0.2, -0.15) is 0 Å². The minimum atomic E-state index is -0.379. The summed E-state index contributed by atoms with van der Waals surface area (Å²) in [5.74, 6) is -0.648. The second-order valence-corrected chi connectivity index (χ2v) is 4.38. The molecule has 5 heteroatoms. The highest BCUT2D eigenvalue weighted by atomic mass is 16.5. The lowest BCUT2D eigenvalue weighted by atomic mass is 10.2. The minimum Gasteiger partial charge on any atom is -0.462 e. The Morgan fingerprint density at radius 1 is 1.18 bits per heavy atom. The average molecular weight is 296 g/mol. The molecule has 0 aliphatic rings. The van der Waals surface area contributed by atoms with Gasteiger partial charge in [-0.15, -0.1) is 0 Å². The van der Waals surface area contributed by atoms with Gasteiger partial charge in [-0.3, -0.25) is 9.78 Å². The standard InChI is InChI=1S/C17H16N2O3/c1-2-22-17(21)13-6-8-15(9-7-13)19-16(20)11-10-14-5-3-4-12-18-14/h3-12H,2H2,1H3,(H,19,20). The number of hydrogen-bond donors (Lipinski definition) is 1. The van der Waals surface area contributed by atoms with E-state index in [1.807, 2.05) is 12.1 Å². The highest BCUT2D eigenvalue weighted by Crippen LogP contribution is 2.11. The van der Waals surface area contributed by atoms with Crippen molar-refractivity contribution in [2.75, 3.05) is 11.9 Å². The molecule has 5 nitrogen and oxygen atoms in total. The third kappa shape index (κ3) is 4.56. The molecule has 112 valence electrons. The molecular weight excluding hydrogens is 280 g/mol. The van der Waals surface area contributed by atoms with Crippen LogP contribution in [0.5, 0.6) is 0 Å². The summed E-state index contributed by atoms with van der Waals surface area (Å²) in [5, 5.41) is 2.70. The van der Waals surface area contributed by atoms with Gasteiger partial charge in [0.2, 0.25) is 5.91 Å². The lowest BCUT2D eigenvalue weighted by Crippen LogP contribution is -2.09. The second-order valence-electron chi connectivity index (χ2n) is 4.38. The predicted octanol–water partition coefficient (Wildman–Crippen LogP) is 2.91. The van der Waals surface area contributed by atoms with Crippen molar-refractivity contribution in [3.05, 3.63) is 66.0 Å². The van der Waals surface area contributed by atoms with E-state index in [4.69, 9.17) is 4.74 Å². The number of ether oxygens (including phenoxy) is 1. The molecule has 1 heterocycles. The van der Waals surface area contributed by atoms with E-state index in [1.54, 1.807) is 49.5 Å². The van der Waals surface area contributed by atoms with E-state index in [0.29, 0.717) is 23.6 Å². The van der Waals surface area contributed by atoms with Crippen LogP contribution in [0, 0.1) is 0 Å². The fraction of sp³-hybridized carbons (Fsp3) is 0.118. The van der Waals surface area contributed by atoms with Gasteiger partial charge in [-0.05, 0) is 49.4 Å². The monoisotopic (exact) mass is 296 g/mol. The molecule has 0 saturated heterocycles. The number of nitrogens with one attached hydrogen (secondary N) is 1. The SMILES string of the molecule is CCOC(=O)c1ccc(NC(=O)C=Cc2ccccn2)cc1. The van der Waals surface area contributed by atoms with Crippen LogP contribution in [0.3, 0.4) is 0 Å². The smallest absolute Gasteiger partial charge is 0.338 e. The molecule has 1 N–H and O–H groups in total. The van der Waals surface area contributed by atoms with Crippen LogP contribution in [0.25, 0.3) is 6.08 Å². The first-order valence-electron chi connectivity index (χ1n) is 6.86. The maximum absolute atomic E-state index is 11.8. The van der Waals surface area contributed by atoms with Gasteiger partial charge in [0.15, 0.2) is 0 Å². The summed E-state index contributed by atoms with van der Waals surface area (Å²) in [6.07, 6.45) is 4.69. The first-order chi connectivity index (χ1) is 10.7. The molecule has 0 saturated carbocycles. The van der Waals surface area contributed by atoms with Crippen molar-refractivity contribution >= 4 is 23.6 Å². The molecule has 2 aromatic rings. The summed E-state index contributed by atoms with van der Waals surface area (Å²) in [4.78, 5) is 27.4. The Bertz CT molecular complexity index is 664. The number of hydrogen-bond acceptors (Lipinski definition) is 4. The van der Waals surface area contributed by atoms with Crippen molar-refractivity contribution in [2.45, 2.75) is 6.92 Å². The number of carbonyl (C=O) groups excluding carboxylic acids is 2. The Balaban J connectivity index is 1.94. The predicted molar refractivity (Wildman–Crippen MR) is 84.3 cm³/mol. The molecule has 1 aromatic heterocycles. The third-order valence-electron chi connectivity index (χ3n) is 2.76. The Hall–Kier alpha value is -2.95. The van der Waals surface area contributed by atoms with Gasteiger partial charge in [-0.1, -0.05) is 6.07 Å². The van der Waals surface area contributed by atoms with Gasteiger partial charge in [0.25, 0.3) is 0 Å². The highest BCUT2D eigenvalue weighted by Gasteiger charge is 2.06. The minimum absolute atomic E-state index is 0.269. The first-order valence-corrected chi connectivity index (χ1v) is 6.86. The van der Waals surface area contributed by atoms with Crippen LogP contribution >= 0.6 is 0 Å². The maximum atomic E-state index is 11.8. The van der Waals surface area contributed by atoms with Crippen LogP contribution in [0.2, 0.25) is 0 Å². The van der Waals surface area contributed by atoms with E-state index in [2.05, 4.69) is 10.3 Å². The number of benzene rings is 1. The lowest BCUT2D eigenvalue weighted by Gasteiger charge is -2.04. The molecule has 0 spiro atoms. The summed E-state index contributed by atoms with van der Waals surface area (Å²) in [6, 6.07) is 12.0. The Labute approximate surface area is 128 Å². The van der Waals surface area contributed by atoms with E-state index in [9.17, 15) is 9.59 Å². The van der Waals surface area contributed by atoms with E-state index >= 15 is 0 Å². The number of anilines is 1. The van der Waals surface area contributed by atoms with Crippen molar-refractivity contribution in [1.82, 2.24) is 4.98 Å². The largest absolute Gasteiger partial charge is 0.462 e. The van der Waals surface area contributed by atoms with Crippen LogP contribution in [0.1, 0.15) is 23.0 Å². The van der Waals surface area contributed by atoms with Crippen LogP contribution in [0.15, 0.2) is 54.7 Å². The molecule has 0 aliphatic carbocycles. The van der Waals surface area contributed by atoms with Crippen LogP contribution in [-0.2, 0) is 9.53 Å². The van der Waals surface area contributed by atoms with Crippen LogP contribution < -0.4 is 5.32 Å². The Morgan fingerprint density at radius 3 is 2.59 bits per heavy atom. The van der Waals surface area contributed by atoms with Crippen LogP contribution in [-0.4, -0.2) is 23.5 Å². The zero-order chi connectivity index (χ0) is 15.8. The van der Waals surface area contributed by atoms with Gasteiger partial charge in [-0.25, -0.2) is 4.79 Å². The molecule has 22 heavy (non-hydrogen) atoms. The molecule has 0 aliphatic heterocycles. The normalized spacial score (nSPS) is 10.4. The molecule has 0 radical (unpaired) electrons. The number of amides is 1. The fourth-order valence-electron chi connectivity index (χ4n) is 1.72. The van der Waals surface area contributed by atoms with E-state index < -0.39 is 0 Å². The van der Waals surface area contributed by atoms with Gasteiger partial charge >= 0.3 is 5.97 Å². The molecule has 0 bridgehead atoms. The molecule has 1 amide bonds. The van der Waals surface area contributed by atoms with Crippen LogP contribution in [0.4, 0.5) is 5.69 Å². The van der Waals surface area contributed by atoms with E-state index in [0.717, 1.165) is 0 Å². The third-order valence-corrected chi connectivity index (χ3v) is 2.76. The van der Waals surface area contributed by atoms with Gasteiger partial charge in [0.05, 0.1) is 17.9 Å². The van der Waals surface area contributed by atoms with E-state index in [-0.39, 0.29) is 11.9 Å². The highest BCUT2D eigenvalue weighted by molar-refractivity contribution is 6.02. The van der Waals surface area contributed by atoms with Crippen molar-refractivity contribution in [3.8, 4) is 0 Å². The summed E-state index contributed by atoms with van der Waals surface area (Å²) in [6.45, 7) is 2.08. The molecule has 1 aromatic carbocycles. The number of rotatable bonds is 5. The van der Waals surface area contributed by atoms with Gasteiger partial charge < -0.3 is 10.1 Å². The Kier molecular flexibility index (Phi) is 5.43. The van der Waals surface area contributed by atoms with Gasteiger partial charge in [0, 0.05) is 18.0 Å². The quantitative estimate of drug-likeness (QED) is 0.680. The molecule has 0 atom stereocenters. The topological polar surface area (TPSA) is 68.3 Å². The van der Waals surface area contributed by atoms with Crippen molar-refractivity contribution in [3.63, 3.8) is 0 Å². The number of esters is 1. The van der Waals surface area contributed by atoms with Crippen molar-refractivity contribution in [1.29, 1.82) is 0 Å². The number of pyridine rings is 1. The first kappa shape index (κ1) is 15.4. The lowest BCUT2D eigenvalue weighted by molar-refractivity contribution is -0.111. The fourth-order valence-corrected chi connectivity index (χ4v) is 1.72. The molecule has 2 rings (SSSR count). The summed E-state index contributed by atoms with van der Waals surface area (Å²) in [5.41, 5.74) is 1.75. The zero-order valence-electron chi connectivity index (χ0n) is 12.2. The van der Waals surface area contributed by atoms with Gasteiger partial charge in [0.1, 0.15) is 0 Å². The summed E-state index contributed by atoms with van der Waals surface area (Å²) < 4.78 is 4.89. The maximum Gasteiger partial charge on any atom is 0.338 e. The summed E-state index contributed by atoms with van der Waals surface area (Å²) >= 11 is 0. The Morgan fingerprint density at radius 2 is 1.95 bits per heavy atom. The molecular formula is C17H16N2O3. The molecule has 0 fully saturated rings. The van der Waals surface area contributed by atoms with Crippen molar-refractivity contribution in [2.24, 2.45) is 0 Å². The average Bonchev–Trinajstić information content (AvgIpc) is 2.55. The second kappa shape index (κ2) is 7.73.